The molecular weight excluding hydrogens is 216 g/mol. The van der Waals surface area contributed by atoms with Crippen molar-refractivity contribution < 1.29 is 0 Å². The highest BCUT2D eigenvalue weighted by atomic mass is 35.5. The summed E-state index contributed by atoms with van der Waals surface area (Å²) >= 11 is 5.67. The van der Waals surface area contributed by atoms with Crippen molar-refractivity contribution >= 4 is 11.6 Å². The number of hydrogen-bond acceptors (Lipinski definition) is 2. The predicted octanol–water partition coefficient (Wildman–Crippen LogP) is 2.08. The van der Waals surface area contributed by atoms with Crippen molar-refractivity contribution in [3.63, 3.8) is 0 Å². The van der Waals surface area contributed by atoms with Gasteiger partial charge in [0.15, 0.2) is 0 Å². The zero-order chi connectivity index (χ0) is 11.1. The van der Waals surface area contributed by atoms with Gasteiger partial charge in [-0.15, -0.1) is 0 Å². The van der Waals surface area contributed by atoms with Gasteiger partial charge in [-0.05, 0) is 11.6 Å². The summed E-state index contributed by atoms with van der Waals surface area (Å²) in [6.45, 7) is 0.294. The molecule has 0 radical (unpaired) electrons. The van der Waals surface area contributed by atoms with Crippen LogP contribution in [0.25, 0.3) is 10.4 Å². The van der Waals surface area contributed by atoms with E-state index in [0.717, 1.165) is 0 Å². The summed E-state index contributed by atoms with van der Waals surface area (Å²) < 4.78 is 0. The Balaban J connectivity index is 2.75. The molecule has 1 aromatic heterocycles. The van der Waals surface area contributed by atoms with E-state index in [0.29, 0.717) is 23.6 Å². The minimum atomic E-state index is -0.282. The van der Waals surface area contributed by atoms with Gasteiger partial charge in [0.05, 0.1) is 10.6 Å². The van der Waals surface area contributed by atoms with Crippen LogP contribution in [-0.4, -0.2) is 11.5 Å². The number of nitrogens with one attached hydrogen (secondary N) is 1. The average molecular weight is 223 g/mol. The van der Waals surface area contributed by atoms with E-state index in [-0.39, 0.29) is 5.56 Å². The number of H-pyrrole nitrogens is 1. The van der Waals surface area contributed by atoms with E-state index >= 15 is 0 Å². The standard InChI is InChI=1S/C9H7ClN4O/c10-8-5-7(9(15)12-6-8)3-1-2-4-13-14-11/h5-6H,2,4H2,(H,12,15). The van der Waals surface area contributed by atoms with Gasteiger partial charge in [0.2, 0.25) is 0 Å². The van der Waals surface area contributed by atoms with Crippen molar-refractivity contribution in [2.45, 2.75) is 6.42 Å². The van der Waals surface area contributed by atoms with Gasteiger partial charge in [0.25, 0.3) is 5.56 Å². The number of aromatic amines is 1. The molecule has 0 aliphatic carbocycles. The number of halogens is 1. The highest BCUT2D eigenvalue weighted by Gasteiger charge is 1.95. The van der Waals surface area contributed by atoms with E-state index in [4.69, 9.17) is 17.1 Å². The minimum absolute atomic E-state index is 0.282. The van der Waals surface area contributed by atoms with Crippen molar-refractivity contribution in [2.24, 2.45) is 5.11 Å². The molecule has 0 unspecified atom stereocenters. The number of pyridine rings is 1. The second-order valence-corrected chi connectivity index (χ2v) is 3.00. The molecule has 0 atom stereocenters. The number of aromatic nitrogens is 1. The molecule has 6 heteroatoms. The molecule has 0 aromatic carbocycles. The first-order valence-electron chi connectivity index (χ1n) is 4.12. The second kappa shape index (κ2) is 5.76. The van der Waals surface area contributed by atoms with Crippen molar-refractivity contribution in [3.8, 4) is 11.8 Å². The first-order chi connectivity index (χ1) is 7.24. The van der Waals surface area contributed by atoms with Crippen LogP contribution < -0.4 is 5.56 Å². The van der Waals surface area contributed by atoms with Crippen molar-refractivity contribution in [1.29, 1.82) is 0 Å². The van der Waals surface area contributed by atoms with Crippen LogP contribution in [-0.2, 0) is 0 Å². The lowest BCUT2D eigenvalue weighted by Gasteiger charge is -1.90. The molecule has 1 rings (SSSR count). The minimum Gasteiger partial charge on any atom is -0.327 e. The predicted molar refractivity (Wildman–Crippen MR) is 57.6 cm³/mol. The normalized spacial score (nSPS) is 8.60. The Kier molecular flexibility index (Phi) is 4.30. The fourth-order valence-electron chi connectivity index (χ4n) is 0.859. The summed E-state index contributed by atoms with van der Waals surface area (Å²) in [5.74, 6) is 5.36. The highest BCUT2D eigenvalue weighted by molar-refractivity contribution is 6.30. The first-order valence-corrected chi connectivity index (χ1v) is 4.50. The van der Waals surface area contributed by atoms with Gasteiger partial charge in [-0.3, -0.25) is 4.79 Å². The van der Waals surface area contributed by atoms with E-state index in [1.165, 1.54) is 12.3 Å². The summed E-state index contributed by atoms with van der Waals surface area (Å²) in [5.41, 5.74) is 8.03. The molecule has 76 valence electrons. The first kappa shape index (κ1) is 11.2. The molecule has 0 aliphatic rings. The van der Waals surface area contributed by atoms with E-state index in [1.807, 2.05) is 0 Å². The quantitative estimate of drug-likeness (QED) is 0.268. The molecule has 5 nitrogen and oxygen atoms in total. The number of rotatable bonds is 2. The number of nitrogens with zero attached hydrogens (tertiary/aromatic N) is 3. The van der Waals surface area contributed by atoms with Gasteiger partial charge >= 0.3 is 0 Å². The topological polar surface area (TPSA) is 81.6 Å². The van der Waals surface area contributed by atoms with Gasteiger partial charge in [0.1, 0.15) is 0 Å². The highest BCUT2D eigenvalue weighted by Crippen LogP contribution is 2.03. The van der Waals surface area contributed by atoms with Crippen molar-refractivity contribution in [2.75, 3.05) is 6.54 Å². The lowest BCUT2D eigenvalue weighted by atomic mass is 10.3. The Labute approximate surface area is 90.7 Å². The maximum atomic E-state index is 11.2. The summed E-state index contributed by atoms with van der Waals surface area (Å²) in [5, 5.41) is 3.73. The maximum absolute atomic E-state index is 11.2. The lowest BCUT2D eigenvalue weighted by Crippen LogP contribution is -2.08. The van der Waals surface area contributed by atoms with E-state index in [1.54, 1.807) is 0 Å². The van der Waals surface area contributed by atoms with Gasteiger partial charge < -0.3 is 4.98 Å². The van der Waals surface area contributed by atoms with Crippen LogP contribution in [0, 0.1) is 11.8 Å². The monoisotopic (exact) mass is 222 g/mol. The molecule has 1 aromatic rings. The number of azide groups is 1. The summed E-state index contributed by atoms with van der Waals surface area (Å²) in [4.78, 5) is 16.2. The lowest BCUT2D eigenvalue weighted by molar-refractivity contribution is 1.01. The van der Waals surface area contributed by atoms with Gasteiger partial charge in [-0.1, -0.05) is 28.6 Å². The zero-order valence-corrected chi connectivity index (χ0v) is 8.45. The third-order valence-electron chi connectivity index (χ3n) is 1.49. The fraction of sp³-hybridized carbons (Fsp3) is 0.222. The fourth-order valence-corrected chi connectivity index (χ4v) is 1.02. The third-order valence-corrected chi connectivity index (χ3v) is 1.71. The van der Waals surface area contributed by atoms with Crippen LogP contribution in [0.5, 0.6) is 0 Å². The summed E-state index contributed by atoms with van der Waals surface area (Å²) in [6.07, 6.45) is 1.81. The Bertz CT molecular complexity index is 505. The van der Waals surface area contributed by atoms with E-state index in [2.05, 4.69) is 26.9 Å². The van der Waals surface area contributed by atoms with E-state index in [9.17, 15) is 4.79 Å². The number of hydrogen-bond donors (Lipinski definition) is 1. The molecule has 1 heterocycles. The molecule has 0 saturated heterocycles. The Hall–Kier alpha value is -1.89. The Morgan fingerprint density at radius 1 is 1.67 bits per heavy atom. The van der Waals surface area contributed by atoms with Crippen LogP contribution >= 0.6 is 11.6 Å². The third kappa shape index (κ3) is 3.77. The molecule has 0 fully saturated rings. The molecule has 0 amide bonds. The Morgan fingerprint density at radius 3 is 3.20 bits per heavy atom. The molecule has 1 N–H and O–H groups in total. The summed E-state index contributed by atoms with van der Waals surface area (Å²) in [6, 6.07) is 1.49. The van der Waals surface area contributed by atoms with Gasteiger partial charge in [-0.25, -0.2) is 0 Å². The molecule has 0 spiro atoms. The van der Waals surface area contributed by atoms with Gasteiger partial charge in [-0.2, -0.15) is 0 Å². The second-order valence-electron chi connectivity index (χ2n) is 2.57. The average Bonchev–Trinajstić information content (AvgIpc) is 2.23. The largest absolute Gasteiger partial charge is 0.327 e. The Morgan fingerprint density at radius 2 is 2.47 bits per heavy atom. The smallest absolute Gasteiger partial charge is 0.263 e. The molecule has 0 aliphatic heterocycles. The maximum Gasteiger partial charge on any atom is 0.263 e. The van der Waals surface area contributed by atoms with E-state index < -0.39 is 0 Å². The van der Waals surface area contributed by atoms with Crippen molar-refractivity contribution in [3.05, 3.63) is 43.6 Å². The van der Waals surface area contributed by atoms with Crippen molar-refractivity contribution in [1.82, 2.24) is 4.98 Å². The SMILES string of the molecule is [N-]=[N+]=NCCC#Cc1cc(Cl)c[nH]c1=O. The molecular formula is C9H7ClN4O. The van der Waals surface area contributed by atoms with Crippen LogP contribution in [0.2, 0.25) is 5.02 Å². The molecule has 0 saturated carbocycles. The summed E-state index contributed by atoms with van der Waals surface area (Å²) in [7, 11) is 0. The zero-order valence-electron chi connectivity index (χ0n) is 7.70. The molecule has 0 bridgehead atoms. The van der Waals surface area contributed by atoms with Gasteiger partial charge in [0, 0.05) is 24.1 Å². The van der Waals surface area contributed by atoms with Crippen LogP contribution in [0.15, 0.2) is 22.2 Å². The molecule has 15 heavy (non-hydrogen) atoms. The van der Waals surface area contributed by atoms with Crippen LogP contribution in [0.1, 0.15) is 12.0 Å². The van der Waals surface area contributed by atoms with Crippen LogP contribution in [0.4, 0.5) is 0 Å². The van der Waals surface area contributed by atoms with Crippen LogP contribution in [0.3, 0.4) is 0 Å².